The summed E-state index contributed by atoms with van der Waals surface area (Å²) in [5.74, 6) is -2.19. The van der Waals surface area contributed by atoms with Crippen molar-refractivity contribution in [1.82, 2.24) is 0 Å². The standard InChI is InChI=1S/C15H12O6.C7H6O3.CH4O2.CH4/c16-12-5-1-10(2-6-12)14(18)20-9-21-15(19)11-3-7-13(17)8-4-11;8-6-3-1-5(2-4-6)7(9)10;2-1-3;/h1-8,16-17H,9H2;1-4,8H,(H,9,10);2-3H,1H2;1H4. The van der Waals surface area contributed by atoms with Gasteiger partial charge in [-0.2, -0.15) is 0 Å². The van der Waals surface area contributed by atoms with Gasteiger partial charge in [0.2, 0.25) is 6.79 Å². The van der Waals surface area contributed by atoms with Crippen LogP contribution in [-0.2, 0) is 9.47 Å². The Kier molecular flexibility index (Phi) is 14.0. The molecule has 0 spiro atoms. The van der Waals surface area contributed by atoms with Gasteiger partial charge in [-0.05, 0) is 72.8 Å². The molecule has 0 heterocycles. The number of benzene rings is 3. The number of phenols is 3. The predicted octanol–water partition coefficient (Wildman–Crippen LogP) is 2.72. The van der Waals surface area contributed by atoms with E-state index < -0.39 is 31.5 Å². The van der Waals surface area contributed by atoms with Crippen molar-refractivity contribution in [3.63, 3.8) is 0 Å². The average molecular weight is 490 g/mol. The van der Waals surface area contributed by atoms with Crippen molar-refractivity contribution in [3.05, 3.63) is 89.5 Å². The summed E-state index contributed by atoms with van der Waals surface area (Å²) in [6, 6.07) is 16.3. The summed E-state index contributed by atoms with van der Waals surface area (Å²) in [4.78, 5) is 33.4. The number of aromatic carboxylic acids is 1. The van der Waals surface area contributed by atoms with Crippen molar-refractivity contribution in [2.24, 2.45) is 0 Å². The van der Waals surface area contributed by atoms with Crippen LogP contribution in [0.5, 0.6) is 17.2 Å². The van der Waals surface area contributed by atoms with Gasteiger partial charge >= 0.3 is 17.9 Å². The van der Waals surface area contributed by atoms with Crippen molar-refractivity contribution in [2.75, 3.05) is 13.6 Å². The number of esters is 2. The molecular formula is C24H26O11. The number of aliphatic hydroxyl groups excluding tert-OH is 1. The summed E-state index contributed by atoms with van der Waals surface area (Å²) in [6.07, 6.45) is 0. The molecule has 0 bridgehead atoms. The molecule has 11 nitrogen and oxygen atoms in total. The molecule has 0 saturated heterocycles. The number of hydrogen-bond acceptors (Lipinski definition) is 10. The molecule has 0 aromatic heterocycles. The minimum absolute atomic E-state index is 0. The zero-order valence-corrected chi connectivity index (χ0v) is 17.6. The highest BCUT2D eigenvalue weighted by molar-refractivity contribution is 5.91. The molecule has 0 fully saturated rings. The normalized spacial score (nSPS) is 9.09. The Bertz CT molecular complexity index is 987. The van der Waals surface area contributed by atoms with Crippen LogP contribution in [0, 0.1) is 0 Å². The van der Waals surface area contributed by atoms with E-state index in [1.165, 1.54) is 72.8 Å². The Morgan fingerprint density at radius 3 is 1.09 bits per heavy atom. The summed E-state index contributed by atoms with van der Waals surface area (Å²) in [6.45, 7) is -1.28. The van der Waals surface area contributed by atoms with E-state index in [0.717, 1.165) is 0 Å². The maximum absolute atomic E-state index is 11.6. The number of phenolic OH excluding ortho intramolecular Hbond substituents is 3. The molecular weight excluding hydrogens is 464 g/mol. The lowest BCUT2D eigenvalue weighted by atomic mass is 10.2. The van der Waals surface area contributed by atoms with Crippen LogP contribution >= 0.6 is 0 Å². The summed E-state index contributed by atoms with van der Waals surface area (Å²) in [7, 11) is 0. The molecule has 188 valence electrons. The lowest BCUT2D eigenvalue weighted by Gasteiger charge is -2.06. The lowest BCUT2D eigenvalue weighted by molar-refractivity contribution is -0.0167. The fourth-order valence-corrected chi connectivity index (χ4v) is 2.10. The number of hydrogen-bond donors (Lipinski definition) is 6. The average Bonchev–Trinajstić information content (AvgIpc) is 2.81. The van der Waals surface area contributed by atoms with E-state index >= 15 is 0 Å². The summed E-state index contributed by atoms with van der Waals surface area (Å²) < 4.78 is 9.54. The van der Waals surface area contributed by atoms with Gasteiger partial charge in [-0.25, -0.2) is 14.4 Å². The quantitative estimate of drug-likeness (QED) is 0.228. The molecule has 0 aliphatic heterocycles. The third-order valence-corrected chi connectivity index (χ3v) is 3.70. The maximum Gasteiger partial charge on any atom is 0.341 e. The molecule has 35 heavy (non-hydrogen) atoms. The second-order valence-electron chi connectivity index (χ2n) is 6.07. The molecule has 6 N–H and O–H groups in total. The first-order chi connectivity index (χ1) is 16.2. The van der Waals surface area contributed by atoms with Gasteiger partial charge in [-0.1, -0.05) is 7.43 Å². The number of carboxylic acids is 1. The summed E-state index contributed by atoms with van der Waals surface area (Å²) in [5, 5.41) is 49.6. The molecule has 0 amide bonds. The van der Waals surface area contributed by atoms with Crippen molar-refractivity contribution in [3.8, 4) is 17.2 Å². The highest BCUT2D eigenvalue weighted by Crippen LogP contribution is 2.12. The highest BCUT2D eigenvalue weighted by Gasteiger charge is 2.10. The van der Waals surface area contributed by atoms with E-state index in [-0.39, 0.29) is 41.4 Å². The van der Waals surface area contributed by atoms with Crippen molar-refractivity contribution in [2.45, 2.75) is 7.43 Å². The van der Waals surface area contributed by atoms with Gasteiger partial charge in [0, 0.05) is 0 Å². The van der Waals surface area contributed by atoms with Gasteiger partial charge in [0.15, 0.2) is 0 Å². The Morgan fingerprint density at radius 1 is 0.571 bits per heavy atom. The third kappa shape index (κ3) is 11.7. The van der Waals surface area contributed by atoms with Gasteiger partial charge in [0.05, 0.1) is 16.7 Å². The first-order valence-electron chi connectivity index (χ1n) is 9.34. The van der Waals surface area contributed by atoms with Gasteiger partial charge in [0.1, 0.15) is 24.0 Å². The maximum atomic E-state index is 11.6. The molecule has 3 rings (SSSR count). The minimum Gasteiger partial charge on any atom is -0.508 e. The Morgan fingerprint density at radius 2 is 0.829 bits per heavy atom. The topological polar surface area (TPSA) is 191 Å². The number of ether oxygens (including phenoxy) is 2. The molecule has 0 unspecified atom stereocenters. The van der Waals surface area contributed by atoms with Crippen LogP contribution in [0.25, 0.3) is 0 Å². The van der Waals surface area contributed by atoms with Crippen LogP contribution in [-0.4, -0.2) is 62.1 Å². The SMILES string of the molecule is C.O=C(O)c1ccc(O)cc1.O=C(OCOC(=O)c1ccc(O)cc1)c1ccc(O)cc1.OCO. The van der Waals surface area contributed by atoms with E-state index in [0.29, 0.717) is 0 Å². The van der Waals surface area contributed by atoms with Crippen LogP contribution < -0.4 is 0 Å². The van der Waals surface area contributed by atoms with Crippen molar-refractivity contribution in [1.29, 1.82) is 0 Å². The number of rotatable bonds is 5. The zero-order chi connectivity index (χ0) is 25.5. The number of aliphatic hydroxyl groups is 2. The zero-order valence-electron chi connectivity index (χ0n) is 17.6. The molecule has 11 heteroatoms. The molecule has 0 radical (unpaired) electrons. The molecule has 0 aliphatic carbocycles. The van der Waals surface area contributed by atoms with Crippen molar-refractivity contribution >= 4 is 17.9 Å². The number of aromatic hydroxyl groups is 3. The molecule has 0 atom stereocenters. The monoisotopic (exact) mass is 490 g/mol. The fourth-order valence-electron chi connectivity index (χ4n) is 2.10. The first kappa shape index (κ1) is 30.4. The number of carboxylic acid groups (broad SMARTS) is 1. The summed E-state index contributed by atoms with van der Waals surface area (Å²) in [5.41, 5.74) is 0.639. The van der Waals surface area contributed by atoms with E-state index in [9.17, 15) is 14.4 Å². The van der Waals surface area contributed by atoms with Crippen LogP contribution in [0.1, 0.15) is 38.5 Å². The van der Waals surface area contributed by atoms with E-state index in [1.54, 1.807) is 0 Å². The van der Waals surface area contributed by atoms with E-state index in [4.69, 9.17) is 40.1 Å². The minimum atomic E-state index is -0.986. The van der Waals surface area contributed by atoms with Gasteiger partial charge in [-0.15, -0.1) is 0 Å². The fraction of sp³-hybridized carbons (Fsp3) is 0.125. The molecule has 3 aromatic carbocycles. The first-order valence-corrected chi connectivity index (χ1v) is 9.34. The Labute approximate surface area is 200 Å². The van der Waals surface area contributed by atoms with Crippen LogP contribution in [0.15, 0.2) is 72.8 Å². The van der Waals surface area contributed by atoms with Crippen molar-refractivity contribution < 1.29 is 54.5 Å². The number of carbonyl (C=O) groups is 3. The van der Waals surface area contributed by atoms with Gasteiger partial charge < -0.3 is 40.1 Å². The highest BCUT2D eigenvalue weighted by atomic mass is 16.7. The third-order valence-electron chi connectivity index (χ3n) is 3.70. The second-order valence-corrected chi connectivity index (χ2v) is 6.07. The van der Waals surface area contributed by atoms with Gasteiger partial charge in [0.25, 0.3) is 0 Å². The molecule has 0 aliphatic rings. The van der Waals surface area contributed by atoms with E-state index in [2.05, 4.69) is 0 Å². The molecule has 0 saturated carbocycles. The van der Waals surface area contributed by atoms with Crippen LogP contribution in [0.3, 0.4) is 0 Å². The predicted molar refractivity (Wildman–Crippen MR) is 123 cm³/mol. The molecule has 3 aromatic rings. The Balaban J connectivity index is 0.000000692. The smallest absolute Gasteiger partial charge is 0.341 e. The summed E-state index contributed by atoms with van der Waals surface area (Å²) >= 11 is 0. The van der Waals surface area contributed by atoms with Gasteiger partial charge in [-0.3, -0.25) is 0 Å². The lowest BCUT2D eigenvalue weighted by Crippen LogP contribution is -2.13. The van der Waals surface area contributed by atoms with Crippen LogP contribution in [0.4, 0.5) is 0 Å². The Hall–Kier alpha value is -4.61. The largest absolute Gasteiger partial charge is 0.508 e. The number of carbonyl (C=O) groups excluding carboxylic acids is 2. The van der Waals surface area contributed by atoms with Crippen LogP contribution in [0.2, 0.25) is 0 Å². The van der Waals surface area contributed by atoms with E-state index in [1.807, 2.05) is 0 Å². The second kappa shape index (κ2) is 16.1.